The number of carboxylic acids is 1. The zero-order chi connectivity index (χ0) is 18.4. The van der Waals surface area contributed by atoms with E-state index in [1.165, 1.54) is 25.3 Å². The molecule has 0 bridgehead atoms. The predicted molar refractivity (Wildman–Crippen MR) is 95.3 cm³/mol. The SMILES string of the molecule is COc1cc(Br)c(/C=C/C(=O)c2cccc(OCC(=O)O)c2)cc1O. The molecule has 0 atom stereocenters. The highest BCUT2D eigenvalue weighted by Crippen LogP contribution is 2.33. The lowest BCUT2D eigenvalue weighted by molar-refractivity contribution is -0.139. The molecule has 0 heterocycles. The third-order valence-corrected chi connectivity index (χ3v) is 3.88. The van der Waals surface area contributed by atoms with E-state index in [2.05, 4.69) is 15.9 Å². The van der Waals surface area contributed by atoms with Crippen molar-refractivity contribution in [2.45, 2.75) is 0 Å². The number of aliphatic carboxylic acids is 1. The number of aromatic hydroxyl groups is 1. The molecular weight excluding hydrogens is 392 g/mol. The number of carbonyl (C=O) groups is 2. The second-order valence-corrected chi connectivity index (χ2v) is 5.81. The highest BCUT2D eigenvalue weighted by Gasteiger charge is 2.08. The molecule has 2 rings (SSSR count). The number of hydrogen-bond acceptors (Lipinski definition) is 5. The lowest BCUT2D eigenvalue weighted by Gasteiger charge is -2.06. The first-order chi connectivity index (χ1) is 11.9. The molecule has 0 aliphatic rings. The first-order valence-electron chi connectivity index (χ1n) is 7.14. The number of allylic oxidation sites excluding steroid dienone is 1. The maximum absolute atomic E-state index is 12.3. The molecule has 7 heteroatoms. The lowest BCUT2D eigenvalue weighted by Crippen LogP contribution is -2.09. The standard InChI is InChI=1S/C18H15BrO6/c1-24-17-9-14(19)11(8-16(17)21)5-6-15(20)12-3-2-4-13(7-12)25-10-18(22)23/h2-9,21H,10H2,1H3,(H,22,23)/b6-5+. The molecule has 0 unspecified atom stereocenters. The fourth-order valence-electron chi connectivity index (χ4n) is 2.00. The normalized spacial score (nSPS) is 10.6. The van der Waals surface area contributed by atoms with E-state index in [9.17, 15) is 14.7 Å². The predicted octanol–water partition coefficient (Wildman–Crippen LogP) is 3.52. The molecule has 0 radical (unpaired) electrons. The molecule has 2 N–H and O–H groups in total. The number of carbonyl (C=O) groups excluding carboxylic acids is 1. The second-order valence-electron chi connectivity index (χ2n) is 4.95. The van der Waals surface area contributed by atoms with Gasteiger partial charge in [-0.05, 0) is 42.0 Å². The van der Waals surface area contributed by atoms with E-state index in [-0.39, 0.29) is 11.5 Å². The summed E-state index contributed by atoms with van der Waals surface area (Å²) in [5, 5.41) is 18.4. The average Bonchev–Trinajstić information content (AvgIpc) is 2.60. The Morgan fingerprint density at radius 2 is 2.00 bits per heavy atom. The van der Waals surface area contributed by atoms with Gasteiger partial charge >= 0.3 is 5.97 Å². The summed E-state index contributed by atoms with van der Waals surface area (Å²) in [4.78, 5) is 22.8. The molecule has 25 heavy (non-hydrogen) atoms. The van der Waals surface area contributed by atoms with Crippen LogP contribution < -0.4 is 9.47 Å². The number of benzene rings is 2. The summed E-state index contributed by atoms with van der Waals surface area (Å²) in [6.45, 7) is -0.481. The molecule has 0 saturated heterocycles. The Bertz CT molecular complexity index is 828. The van der Waals surface area contributed by atoms with Crippen molar-refractivity contribution < 1.29 is 29.3 Å². The molecule has 0 spiro atoms. The quantitative estimate of drug-likeness (QED) is 0.539. The largest absolute Gasteiger partial charge is 0.504 e. The Morgan fingerprint density at radius 1 is 1.24 bits per heavy atom. The van der Waals surface area contributed by atoms with Crippen molar-refractivity contribution in [3.8, 4) is 17.2 Å². The molecule has 2 aromatic rings. The number of phenolic OH excluding ortho intramolecular Hbond substituents is 1. The van der Waals surface area contributed by atoms with Crippen molar-refractivity contribution >= 4 is 33.8 Å². The Kier molecular flexibility index (Phi) is 6.19. The van der Waals surface area contributed by atoms with Crippen LogP contribution in [0.15, 0.2) is 46.9 Å². The molecule has 0 aromatic heterocycles. The monoisotopic (exact) mass is 406 g/mol. The van der Waals surface area contributed by atoms with Crippen molar-refractivity contribution in [2.24, 2.45) is 0 Å². The van der Waals surface area contributed by atoms with E-state index in [1.807, 2.05) is 0 Å². The number of ether oxygens (including phenoxy) is 2. The van der Waals surface area contributed by atoms with Crippen molar-refractivity contribution in [3.05, 3.63) is 58.1 Å². The number of ketones is 1. The maximum Gasteiger partial charge on any atom is 0.341 e. The molecule has 2 aromatic carbocycles. The van der Waals surface area contributed by atoms with Crippen LogP contribution in [0.4, 0.5) is 0 Å². The minimum Gasteiger partial charge on any atom is -0.504 e. The van der Waals surface area contributed by atoms with Gasteiger partial charge in [-0.2, -0.15) is 0 Å². The molecule has 0 saturated carbocycles. The van der Waals surface area contributed by atoms with E-state index >= 15 is 0 Å². The van der Waals surface area contributed by atoms with E-state index < -0.39 is 12.6 Å². The fourth-order valence-corrected chi connectivity index (χ4v) is 2.45. The average molecular weight is 407 g/mol. The van der Waals surface area contributed by atoms with Crippen molar-refractivity contribution in [1.29, 1.82) is 0 Å². The van der Waals surface area contributed by atoms with Crippen LogP contribution in [-0.2, 0) is 4.79 Å². The summed E-state index contributed by atoms with van der Waals surface area (Å²) in [6.07, 6.45) is 2.90. The van der Waals surface area contributed by atoms with Gasteiger partial charge in [-0.25, -0.2) is 4.79 Å². The number of carboxylic acid groups (broad SMARTS) is 1. The van der Waals surface area contributed by atoms with Gasteiger partial charge in [0.1, 0.15) is 5.75 Å². The summed E-state index contributed by atoms with van der Waals surface area (Å²) < 4.78 is 10.7. The topological polar surface area (TPSA) is 93.1 Å². The first-order valence-corrected chi connectivity index (χ1v) is 7.93. The molecule has 0 aliphatic heterocycles. The zero-order valence-electron chi connectivity index (χ0n) is 13.2. The maximum atomic E-state index is 12.3. The van der Waals surface area contributed by atoms with Gasteiger partial charge in [0.2, 0.25) is 0 Å². The van der Waals surface area contributed by atoms with E-state index in [0.717, 1.165) is 0 Å². The van der Waals surface area contributed by atoms with Gasteiger partial charge < -0.3 is 19.7 Å². The van der Waals surface area contributed by atoms with E-state index in [1.54, 1.807) is 30.3 Å². The van der Waals surface area contributed by atoms with E-state index in [4.69, 9.17) is 14.6 Å². The van der Waals surface area contributed by atoms with Crippen molar-refractivity contribution in [3.63, 3.8) is 0 Å². The van der Waals surface area contributed by atoms with Gasteiger partial charge in [0.25, 0.3) is 0 Å². The Morgan fingerprint density at radius 3 is 2.68 bits per heavy atom. The molecule has 6 nitrogen and oxygen atoms in total. The van der Waals surface area contributed by atoms with E-state index in [0.29, 0.717) is 27.1 Å². The molecular formula is C18H15BrO6. The van der Waals surface area contributed by atoms with Gasteiger partial charge in [0, 0.05) is 10.0 Å². The summed E-state index contributed by atoms with van der Waals surface area (Å²) >= 11 is 3.34. The highest BCUT2D eigenvalue weighted by atomic mass is 79.9. The Labute approximate surface area is 152 Å². The number of rotatable bonds is 7. The van der Waals surface area contributed by atoms with Crippen LogP contribution >= 0.6 is 15.9 Å². The number of phenols is 1. The number of hydrogen-bond donors (Lipinski definition) is 2. The van der Waals surface area contributed by atoms with Crippen LogP contribution in [0.25, 0.3) is 6.08 Å². The summed E-state index contributed by atoms with van der Waals surface area (Å²) in [5.74, 6) is -0.811. The Hall–Kier alpha value is -2.80. The molecule has 0 aliphatic carbocycles. The van der Waals surface area contributed by atoms with Crippen molar-refractivity contribution in [2.75, 3.05) is 13.7 Å². The van der Waals surface area contributed by atoms with Crippen LogP contribution in [0.2, 0.25) is 0 Å². The van der Waals surface area contributed by atoms with Crippen LogP contribution in [0.3, 0.4) is 0 Å². The number of methoxy groups -OCH3 is 1. The van der Waals surface area contributed by atoms with Crippen LogP contribution in [-0.4, -0.2) is 35.7 Å². The molecule has 130 valence electrons. The highest BCUT2D eigenvalue weighted by molar-refractivity contribution is 9.10. The van der Waals surface area contributed by atoms with Crippen molar-refractivity contribution in [1.82, 2.24) is 0 Å². The second kappa shape index (κ2) is 8.34. The van der Waals surface area contributed by atoms with Crippen LogP contribution in [0.1, 0.15) is 15.9 Å². The van der Waals surface area contributed by atoms with Crippen LogP contribution in [0, 0.1) is 0 Å². The van der Waals surface area contributed by atoms with Gasteiger partial charge in [0.15, 0.2) is 23.9 Å². The Balaban J connectivity index is 2.16. The van der Waals surface area contributed by atoms with Gasteiger partial charge in [-0.15, -0.1) is 0 Å². The fraction of sp³-hybridized carbons (Fsp3) is 0.111. The minimum absolute atomic E-state index is 0.0399. The summed E-state index contributed by atoms with van der Waals surface area (Å²) in [6, 6.07) is 9.31. The summed E-state index contributed by atoms with van der Waals surface area (Å²) in [7, 11) is 1.44. The molecule has 0 amide bonds. The smallest absolute Gasteiger partial charge is 0.341 e. The zero-order valence-corrected chi connectivity index (χ0v) is 14.8. The molecule has 0 fully saturated rings. The van der Waals surface area contributed by atoms with Gasteiger partial charge in [0.05, 0.1) is 7.11 Å². The third-order valence-electron chi connectivity index (χ3n) is 3.19. The summed E-state index contributed by atoms with van der Waals surface area (Å²) in [5.41, 5.74) is 0.956. The lowest BCUT2D eigenvalue weighted by atomic mass is 10.1. The van der Waals surface area contributed by atoms with Crippen LogP contribution in [0.5, 0.6) is 17.2 Å². The van der Waals surface area contributed by atoms with Gasteiger partial charge in [-0.1, -0.05) is 28.1 Å². The number of halogens is 1. The van der Waals surface area contributed by atoms with Gasteiger partial charge in [-0.3, -0.25) is 4.79 Å². The third kappa shape index (κ3) is 5.09. The minimum atomic E-state index is -1.10. The first kappa shape index (κ1) is 18.5.